The average molecular weight is 240 g/mol. The van der Waals surface area contributed by atoms with Gasteiger partial charge in [-0.2, -0.15) is 0 Å². The zero-order valence-corrected chi connectivity index (χ0v) is 10.0. The van der Waals surface area contributed by atoms with Gasteiger partial charge in [-0.25, -0.2) is 4.39 Å². The first kappa shape index (κ1) is 13.4. The van der Waals surface area contributed by atoms with Crippen molar-refractivity contribution in [2.24, 2.45) is 0 Å². The van der Waals surface area contributed by atoms with Gasteiger partial charge in [0.2, 0.25) is 0 Å². The van der Waals surface area contributed by atoms with Crippen LogP contribution in [0.4, 0.5) is 10.1 Å². The molecule has 0 heterocycles. The van der Waals surface area contributed by atoms with Gasteiger partial charge in [-0.1, -0.05) is 6.07 Å². The molecule has 1 rings (SSSR count). The molecule has 1 aromatic rings. The van der Waals surface area contributed by atoms with E-state index in [0.717, 1.165) is 5.56 Å². The lowest BCUT2D eigenvalue weighted by Gasteiger charge is -2.19. The van der Waals surface area contributed by atoms with Gasteiger partial charge in [-0.05, 0) is 24.7 Å². The Morgan fingerprint density at radius 3 is 2.82 bits per heavy atom. The van der Waals surface area contributed by atoms with Crippen molar-refractivity contribution in [3.63, 3.8) is 0 Å². The number of carboxylic acids is 1. The Morgan fingerprint density at radius 1 is 1.53 bits per heavy atom. The lowest BCUT2D eigenvalue weighted by Crippen LogP contribution is -2.22. The molecule has 0 radical (unpaired) electrons. The highest BCUT2D eigenvalue weighted by Crippen LogP contribution is 2.20. The molecule has 1 aromatic carbocycles. The molecule has 0 bridgehead atoms. The number of halogens is 1. The second-order valence-corrected chi connectivity index (χ2v) is 3.88. The first-order valence-electron chi connectivity index (χ1n) is 5.40. The van der Waals surface area contributed by atoms with Crippen molar-refractivity contribution < 1.29 is 14.3 Å². The molecular formula is C12H17FN2O2. The molecule has 4 nitrogen and oxygen atoms in total. The highest BCUT2D eigenvalue weighted by Gasteiger charge is 2.09. The predicted molar refractivity (Wildman–Crippen MR) is 64.7 cm³/mol. The largest absolute Gasteiger partial charge is 0.481 e. The van der Waals surface area contributed by atoms with E-state index in [0.29, 0.717) is 12.2 Å². The van der Waals surface area contributed by atoms with Gasteiger partial charge in [0.15, 0.2) is 0 Å². The summed E-state index contributed by atoms with van der Waals surface area (Å²) in [4.78, 5) is 12.1. The number of nitrogens with one attached hydrogen (secondary N) is 1. The highest BCUT2D eigenvalue weighted by molar-refractivity contribution is 5.67. The van der Waals surface area contributed by atoms with Gasteiger partial charge >= 0.3 is 5.97 Å². The Labute approximate surface area is 100 Å². The minimum atomic E-state index is -0.886. The standard InChI is InChI=1S/C12H17FN2O2/c1-14-8-9-3-4-10(13)11(7-9)15(2)6-5-12(16)17/h3-4,7,14H,5-6,8H2,1-2H3,(H,16,17). The predicted octanol–water partition coefficient (Wildman–Crippen LogP) is 1.46. The topological polar surface area (TPSA) is 52.6 Å². The second-order valence-electron chi connectivity index (χ2n) is 3.88. The fraction of sp³-hybridized carbons (Fsp3) is 0.417. The number of hydrogen-bond acceptors (Lipinski definition) is 3. The van der Waals surface area contributed by atoms with E-state index < -0.39 is 5.97 Å². The van der Waals surface area contributed by atoms with Crippen LogP contribution in [-0.4, -0.2) is 31.7 Å². The zero-order valence-electron chi connectivity index (χ0n) is 10.0. The summed E-state index contributed by atoms with van der Waals surface area (Å²) in [6.45, 7) is 0.940. The van der Waals surface area contributed by atoms with Crippen LogP contribution in [0.1, 0.15) is 12.0 Å². The molecule has 17 heavy (non-hydrogen) atoms. The maximum absolute atomic E-state index is 13.6. The summed E-state index contributed by atoms with van der Waals surface area (Å²) in [6, 6.07) is 4.84. The Bertz CT molecular complexity index is 396. The average Bonchev–Trinajstić information content (AvgIpc) is 2.29. The molecule has 0 amide bonds. The summed E-state index contributed by atoms with van der Waals surface area (Å²) in [6.07, 6.45) is -0.00774. The number of aliphatic carboxylic acids is 1. The van der Waals surface area contributed by atoms with Crippen LogP contribution in [0.3, 0.4) is 0 Å². The van der Waals surface area contributed by atoms with E-state index in [4.69, 9.17) is 5.11 Å². The van der Waals surface area contributed by atoms with Crippen molar-refractivity contribution in [3.8, 4) is 0 Å². The normalized spacial score (nSPS) is 10.3. The monoisotopic (exact) mass is 240 g/mol. The van der Waals surface area contributed by atoms with Gasteiger partial charge in [0, 0.05) is 20.1 Å². The van der Waals surface area contributed by atoms with E-state index in [-0.39, 0.29) is 18.8 Å². The summed E-state index contributed by atoms with van der Waals surface area (Å²) < 4.78 is 13.6. The van der Waals surface area contributed by atoms with Gasteiger partial charge in [0.1, 0.15) is 5.82 Å². The Hall–Kier alpha value is -1.62. The van der Waals surface area contributed by atoms with Crippen LogP contribution in [0.5, 0.6) is 0 Å². The fourth-order valence-corrected chi connectivity index (χ4v) is 1.55. The molecule has 0 aliphatic rings. The molecule has 5 heteroatoms. The van der Waals surface area contributed by atoms with Crippen molar-refractivity contribution in [2.75, 3.05) is 25.5 Å². The lowest BCUT2D eigenvalue weighted by molar-refractivity contribution is -0.136. The zero-order chi connectivity index (χ0) is 12.8. The number of hydrogen-bond donors (Lipinski definition) is 2. The van der Waals surface area contributed by atoms with E-state index >= 15 is 0 Å². The number of nitrogens with zero attached hydrogens (tertiary/aromatic N) is 1. The van der Waals surface area contributed by atoms with E-state index in [1.807, 2.05) is 7.05 Å². The summed E-state index contributed by atoms with van der Waals surface area (Å²) in [5.74, 6) is -1.22. The number of carbonyl (C=O) groups is 1. The van der Waals surface area contributed by atoms with Gasteiger partial charge in [0.05, 0.1) is 12.1 Å². The quantitative estimate of drug-likeness (QED) is 0.790. The molecule has 0 spiro atoms. The Balaban J connectivity index is 2.79. The van der Waals surface area contributed by atoms with Crippen LogP contribution < -0.4 is 10.2 Å². The van der Waals surface area contributed by atoms with Crippen molar-refractivity contribution >= 4 is 11.7 Å². The smallest absolute Gasteiger partial charge is 0.305 e. The maximum atomic E-state index is 13.6. The molecule has 94 valence electrons. The second kappa shape index (κ2) is 6.20. The van der Waals surface area contributed by atoms with Crippen molar-refractivity contribution in [3.05, 3.63) is 29.6 Å². The maximum Gasteiger partial charge on any atom is 0.305 e. The molecule has 0 aliphatic heterocycles. The molecule has 0 aromatic heterocycles. The summed E-state index contributed by atoms with van der Waals surface area (Å²) >= 11 is 0. The van der Waals surface area contributed by atoms with Crippen LogP contribution in [-0.2, 0) is 11.3 Å². The SMILES string of the molecule is CNCc1ccc(F)c(N(C)CCC(=O)O)c1. The first-order valence-corrected chi connectivity index (χ1v) is 5.40. The van der Waals surface area contributed by atoms with E-state index in [1.54, 1.807) is 24.1 Å². The lowest BCUT2D eigenvalue weighted by atomic mass is 10.1. The van der Waals surface area contributed by atoms with E-state index in [9.17, 15) is 9.18 Å². The third kappa shape index (κ3) is 4.03. The minimum absolute atomic E-state index is 0.00774. The Kier molecular flexibility index (Phi) is 4.90. The van der Waals surface area contributed by atoms with E-state index in [1.165, 1.54) is 6.07 Å². The van der Waals surface area contributed by atoms with Crippen LogP contribution in [0.25, 0.3) is 0 Å². The third-order valence-electron chi connectivity index (χ3n) is 2.46. The molecule has 0 aliphatic carbocycles. The van der Waals surface area contributed by atoms with Crippen LogP contribution in [0, 0.1) is 5.82 Å². The van der Waals surface area contributed by atoms with Crippen molar-refractivity contribution in [2.45, 2.75) is 13.0 Å². The van der Waals surface area contributed by atoms with Gasteiger partial charge < -0.3 is 15.3 Å². The first-order chi connectivity index (χ1) is 8.04. The van der Waals surface area contributed by atoms with E-state index in [2.05, 4.69) is 5.32 Å². The highest BCUT2D eigenvalue weighted by atomic mass is 19.1. The van der Waals surface area contributed by atoms with Gasteiger partial charge in [0.25, 0.3) is 0 Å². The van der Waals surface area contributed by atoms with Gasteiger partial charge in [-0.3, -0.25) is 4.79 Å². The Morgan fingerprint density at radius 2 is 2.24 bits per heavy atom. The molecule has 0 saturated carbocycles. The molecule has 0 unspecified atom stereocenters. The molecule has 0 fully saturated rings. The number of rotatable bonds is 6. The molecule has 0 atom stereocenters. The van der Waals surface area contributed by atoms with Crippen LogP contribution in [0.15, 0.2) is 18.2 Å². The molecular weight excluding hydrogens is 223 g/mol. The summed E-state index contributed by atoms with van der Waals surface area (Å²) in [5.41, 5.74) is 1.39. The number of anilines is 1. The third-order valence-corrected chi connectivity index (χ3v) is 2.46. The summed E-state index contributed by atoms with van der Waals surface area (Å²) in [5, 5.41) is 11.6. The van der Waals surface area contributed by atoms with Gasteiger partial charge in [-0.15, -0.1) is 0 Å². The minimum Gasteiger partial charge on any atom is -0.481 e. The van der Waals surface area contributed by atoms with Crippen molar-refractivity contribution in [1.29, 1.82) is 0 Å². The summed E-state index contributed by atoms with van der Waals surface area (Å²) in [7, 11) is 3.50. The van der Waals surface area contributed by atoms with Crippen LogP contribution in [0.2, 0.25) is 0 Å². The molecule has 2 N–H and O–H groups in total. The van der Waals surface area contributed by atoms with Crippen LogP contribution >= 0.6 is 0 Å². The molecule has 0 saturated heterocycles. The fourth-order valence-electron chi connectivity index (χ4n) is 1.55. The number of carboxylic acid groups (broad SMARTS) is 1. The van der Waals surface area contributed by atoms with Crippen molar-refractivity contribution in [1.82, 2.24) is 5.32 Å². The number of benzene rings is 1.